The van der Waals surface area contributed by atoms with Gasteiger partial charge in [-0.3, -0.25) is 0 Å². The summed E-state index contributed by atoms with van der Waals surface area (Å²) in [5.41, 5.74) is 6.14. The third-order valence-corrected chi connectivity index (χ3v) is 8.39. The van der Waals surface area contributed by atoms with E-state index in [1.165, 1.54) is 55.3 Å². The van der Waals surface area contributed by atoms with Gasteiger partial charge in [0.05, 0.1) is 5.60 Å². The molecule has 0 radical (unpaired) electrons. The van der Waals surface area contributed by atoms with E-state index in [-0.39, 0.29) is 0 Å². The average molecular weight is 506 g/mol. The van der Waals surface area contributed by atoms with Crippen molar-refractivity contribution in [3.63, 3.8) is 0 Å². The van der Waals surface area contributed by atoms with E-state index in [1.54, 1.807) is 13.8 Å². The summed E-state index contributed by atoms with van der Waals surface area (Å²) < 4.78 is 5.57. The minimum Gasteiger partial charge on any atom is -0.386 e. The number of piperidine rings is 1. The summed E-state index contributed by atoms with van der Waals surface area (Å²) >= 11 is 0. The predicted octanol–water partition coefficient (Wildman–Crippen LogP) is 7.18. The third-order valence-electron chi connectivity index (χ3n) is 8.39. The van der Waals surface area contributed by atoms with Crippen LogP contribution in [-0.4, -0.2) is 58.6 Å². The maximum Gasteiger partial charge on any atom is 0.0858 e. The van der Waals surface area contributed by atoms with Crippen LogP contribution in [0.3, 0.4) is 0 Å². The molecule has 0 saturated carbocycles. The number of likely N-dealkylation sites (tertiary alicyclic amines) is 1. The number of ether oxygens (including phenoxy) is 1. The van der Waals surface area contributed by atoms with Crippen LogP contribution in [0.4, 0.5) is 0 Å². The summed E-state index contributed by atoms with van der Waals surface area (Å²) in [5, 5.41) is 20.6. The van der Waals surface area contributed by atoms with Crippen molar-refractivity contribution in [1.82, 2.24) is 9.88 Å². The zero-order chi connectivity index (χ0) is 26.7. The molecule has 1 aromatic heterocycles. The third kappa shape index (κ3) is 6.10. The Morgan fingerprint density at radius 3 is 2.43 bits per heavy atom. The number of nitrogens with zero attached hydrogens (tertiary/aromatic N) is 1. The Morgan fingerprint density at radius 2 is 1.86 bits per heavy atom. The molecule has 5 heteroatoms. The van der Waals surface area contributed by atoms with Gasteiger partial charge in [0.15, 0.2) is 0 Å². The highest BCUT2D eigenvalue weighted by Crippen LogP contribution is 2.38. The lowest BCUT2D eigenvalue weighted by Crippen LogP contribution is -2.43. The highest BCUT2D eigenvalue weighted by Gasteiger charge is 2.28. The summed E-state index contributed by atoms with van der Waals surface area (Å²) in [7, 11) is 0. The molecular formula is C32H47N3O2. The van der Waals surface area contributed by atoms with Crippen LogP contribution in [0.15, 0.2) is 35.9 Å². The van der Waals surface area contributed by atoms with Crippen molar-refractivity contribution in [2.24, 2.45) is 0 Å². The molecule has 37 heavy (non-hydrogen) atoms. The molecule has 2 aliphatic rings. The van der Waals surface area contributed by atoms with Crippen molar-refractivity contribution in [3.8, 4) is 0 Å². The molecule has 2 aromatic rings. The first kappa shape index (κ1) is 27.8. The van der Waals surface area contributed by atoms with E-state index >= 15 is 0 Å². The lowest BCUT2D eigenvalue weighted by Gasteiger charge is -2.39. The van der Waals surface area contributed by atoms with Crippen LogP contribution < -0.4 is 0 Å². The van der Waals surface area contributed by atoms with Crippen LogP contribution in [0.5, 0.6) is 0 Å². The van der Waals surface area contributed by atoms with E-state index in [1.807, 2.05) is 19.9 Å². The van der Waals surface area contributed by atoms with Crippen molar-refractivity contribution in [1.29, 1.82) is 5.41 Å². The van der Waals surface area contributed by atoms with E-state index in [9.17, 15) is 5.11 Å². The summed E-state index contributed by atoms with van der Waals surface area (Å²) in [6.45, 7) is 16.2. The number of aliphatic hydroxyl groups is 1. The maximum atomic E-state index is 10.8. The molecule has 0 amide bonds. The van der Waals surface area contributed by atoms with Crippen molar-refractivity contribution < 1.29 is 9.84 Å². The fourth-order valence-electron chi connectivity index (χ4n) is 6.24. The number of hydrogen-bond acceptors (Lipinski definition) is 4. The van der Waals surface area contributed by atoms with Crippen molar-refractivity contribution in [2.45, 2.75) is 97.1 Å². The number of fused-ring (bicyclic) bond motifs is 1. The summed E-state index contributed by atoms with van der Waals surface area (Å²) in [6, 6.07) is 7.71. The summed E-state index contributed by atoms with van der Waals surface area (Å²) in [6.07, 6.45) is 9.48. The Morgan fingerprint density at radius 1 is 1.19 bits per heavy atom. The van der Waals surface area contributed by atoms with Crippen LogP contribution in [0, 0.1) is 5.41 Å². The standard InChI is InChI=1S/C32H47N3O2/c1-7-22(20-27(28(33)8-2)32(5,6)36)31-30(21(3)4)26-19-24(9-10-29(26)34-31)23-11-15-35(16-12-23)25-13-17-37-18-14-25/h7,9-10,19-21,23,25,33-34,36H,8,11-18H2,1-6H3/b22-7+,27-20+,33-28?. The molecule has 2 aliphatic heterocycles. The molecule has 3 heterocycles. The quantitative estimate of drug-likeness (QED) is 0.263. The van der Waals surface area contributed by atoms with Gasteiger partial charge in [0.25, 0.3) is 0 Å². The smallest absolute Gasteiger partial charge is 0.0858 e. The van der Waals surface area contributed by atoms with E-state index < -0.39 is 5.60 Å². The Bertz CT molecular complexity index is 1150. The first-order valence-electron chi connectivity index (χ1n) is 14.3. The molecule has 0 atom stereocenters. The van der Waals surface area contributed by atoms with Crippen LogP contribution in [0.2, 0.25) is 0 Å². The number of H-pyrrole nitrogens is 1. The van der Waals surface area contributed by atoms with Gasteiger partial charge < -0.3 is 25.1 Å². The number of aromatic nitrogens is 1. The molecular weight excluding hydrogens is 458 g/mol. The van der Waals surface area contributed by atoms with Gasteiger partial charge in [-0.15, -0.1) is 0 Å². The van der Waals surface area contributed by atoms with Crippen molar-refractivity contribution >= 4 is 22.2 Å². The van der Waals surface area contributed by atoms with Crippen molar-refractivity contribution in [3.05, 3.63) is 52.7 Å². The Balaban J connectivity index is 1.65. The zero-order valence-electron chi connectivity index (χ0n) is 23.8. The minimum atomic E-state index is -1.07. The van der Waals surface area contributed by atoms with Gasteiger partial charge in [0.2, 0.25) is 0 Å². The Kier molecular flexibility index (Phi) is 8.77. The van der Waals surface area contributed by atoms with Gasteiger partial charge >= 0.3 is 0 Å². The fourth-order valence-corrected chi connectivity index (χ4v) is 6.24. The molecule has 0 aliphatic carbocycles. The largest absolute Gasteiger partial charge is 0.386 e. The van der Waals surface area contributed by atoms with Crippen molar-refractivity contribution in [2.75, 3.05) is 26.3 Å². The number of aromatic amines is 1. The molecule has 2 saturated heterocycles. The number of rotatable bonds is 8. The van der Waals surface area contributed by atoms with Gasteiger partial charge in [-0.05, 0) is 113 Å². The van der Waals surface area contributed by atoms with E-state index in [2.05, 4.69) is 48.0 Å². The van der Waals surface area contributed by atoms with E-state index in [4.69, 9.17) is 10.1 Å². The fraction of sp³-hybridized carbons (Fsp3) is 0.594. The molecule has 0 spiro atoms. The lowest BCUT2D eigenvalue weighted by molar-refractivity contribution is 0.0252. The number of nitrogens with one attached hydrogen (secondary N) is 2. The van der Waals surface area contributed by atoms with Crippen LogP contribution in [0.25, 0.3) is 16.5 Å². The van der Waals surface area contributed by atoms with Crippen LogP contribution in [-0.2, 0) is 4.74 Å². The van der Waals surface area contributed by atoms with Gasteiger partial charge in [0.1, 0.15) is 0 Å². The SMILES string of the molecule is C/C=C(\C=C(/C(=N)CC)C(C)(C)O)c1[nH]c2ccc(C3CCN(C4CCOCC4)CC3)cc2c1C(C)C. The molecule has 1 aromatic carbocycles. The first-order chi connectivity index (χ1) is 17.6. The Hall–Kier alpha value is -2.21. The van der Waals surface area contributed by atoms with E-state index in [0.717, 1.165) is 30.0 Å². The number of benzene rings is 1. The predicted molar refractivity (Wildman–Crippen MR) is 156 cm³/mol. The molecule has 0 unspecified atom stereocenters. The van der Waals surface area contributed by atoms with Crippen LogP contribution in [0.1, 0.15) is 102 Å². The van der Waals surface area contributed by atoms with Crippen LogP contribution >= 0.6 is 0 Å². The summed E-state index contributed by atoms with van der Waals surface area (Å²) in [4.78, 5) is 6.40. The number of allylic oxidation sites excluding steroid dienone is 3. The van der Waals surface area contributed by atoms with Gasteiger partial charge in [-0.25, -0.2) is 0 Å². The molecule has 4 rings (SSSR count). The zero-order valence-corrected chi connectivity index (χ0v) is 23.8. The topological polar surface area (TPSA) is 72.3 Å². The molecule has 2 fully saturated rings. The molecule has 3 N–H and O–H groups in total. The number of hydrogen-bond donors (Lipinski definition) is 3. The highest BCUT2D eigenvalue weighted by molar-refractivity contribution is 6.02. The van der Waals surface area contributed by atoms with Gasteiger partial charge in [-0.2, -0.15) is 0 Å². The second-order valence-corrected chi connectivity index (χ2v) is 11.7. The van der Waals surface area contributed by atoms with Gasteiger partial charge in [0, 0.05) is 47.1 Å². The molecule has 202 valence electrons. The molecule has 0 bridgehead atoms. The lowest BCUT2D eigenvalue weighted by atomic mass is 9.86. The monoisotopic (exact) mass is 505 g/mol. The normalized spacial score (nSPS) is 19.8. The molecule has 5 nitrogen and oxygen atoms in total. The summed E-state index contributed by atoms with van der Waals surface area (Å²) in [5.74, 6) is 0.945. The van der Waals surface area contributed by atoms with E-state index in [0.29, 0.717) is 35.6 Å². The Labute approximate surface area is 223 Å². The second-order valence-electron chi connectivity index (χ2n) is 11.7. The minimum absolute atomic E-state index is 0.342. The highest BCUT2D eigenvalue weighted by atomic mass is 16.5. The van der Waals surface area contributed by atoms with Gasteiger partial charge in [-0.1, -0.05) is 32.9 Å². The first-order valence-corrected chi connectivity index (χ1v) is 14.3. The average Bonchev–Trinajstić information content (AvgIpc) is 3.27. The second kappa shape index (κ2) is 11.7. The maximum absolute atomic E-state index is 10.8.